The maximum absolute atomic E-state index is 6.14. The second kappa shape index (κ2) is 5.63. The van der Waals surface area contributed by atoms with Gasteiger partial charge < -0.3 is 19.8 Å². The molecule has 0 saturated carbocycles. The van der Waals surface area contributed by atoms with Gasteiger partial charge in [-0.25, -0.2) is 4.99 Å². The van der Waals surface area contributed by atoms with Gasteiger partial charge in [0.05, 0.1) is 25.0 Å². The number of aromatic nitrogens is 1. The number of hydrogen-bond donors (Lipinski definition) is 2. The van der Waals surface area contributed by atoms with Crippen LogP contribution in [0.1, 0.15) is 36.1 Å². The fourth-order valence-corrected chi connectivity index (χ4v) is 4.39. The van der Waals surface area contributed by atoms with Crippen molar-refractivity contribution in [1.82, 2.24) is 4.98 Å². The van der Waals surface area contributed by atoms with E-state index < -0.39 is 0 Å². The second-order valence-corrected chi connectivity index (χ2v) is 7.26. The number of fused-ring (bicyclic) bond motifs is 3. The summed E-state index contributed by atoms with van der Waals surface area (Å²) in [6, 6.07) is 8.12. The van der Waals surface area contributed by atoms with Gasteiger partial charge in [0.15, 0.2) is 0 Å². The van der Waals surface area contributed by atoms with E-state index in [1.54, 1.807) is 7.11 Å². The maximum atomic E-state index is 6.14. The molecule has 0 radical (unpaired) electrons. The van der Waals surface area contributed by atoms with Crippen molar-refractivity contribution in [3.8, 4) is 5.75 Å². The van der Waals surface area contributed by atoms with Crippen molar-refractivity contribution < 1.29 is 9.47 Å². The minimum atomic E-state index is 0.0518. The summed E-state index contributed by atoms with van der Waals surface area (Å²) in [6.07, 6.45) is 5.51. The van der Waals surface area contributed by atoms with Crippen LogP contribution in [0.4, 0.5) is 11.5 Å². The van der Waals surface area contributed by atoms with Crippen molar-refractivity contribution in [1.29, 1.82) is 0 Å². The van der Waals surface area contributed by atoms with Crippen LogP contribution in [0.15, 0.2) is 29.3 Å². The Hall–Kier alpha value is -2.27. The highest BCUT2D eigenvalue weighted by Crippen LogP contribution is 2.45. The molecule has 1 aromatic carbocycles. The number of H-pyrrole nitrogens is 1. The second-order valence-electron chi connectivity index (χ2n) is 7.26. The molecule has 3 aliphatic rings. The van der Waals surface area contributed by atoms with Crippen molar-refractivity contribution in [2.24, 2.45) is 4.99 Å². The topological polar surface area (TPSA) is 58.6 Å². The molecule has 2 aliphatic heterocycles. The van der Waals surface area contributed by atoms with Gasteiger partial charge in [-0.15, -0.1) is 0 Å². The third kappa shape index (κ3) is 2.45. The van der Waals surface area contributed by atoms with Gasteiger partial charge in [0.25, 0.3) is 0 Å². The number of rotatable bonds is 2. The van der Waals surface area contributed by atoms with Crippen LogP contribution in [-0.2, 0) is 17.6 Å². The van der Waals surface area contributed by atoms with Crippen LogP contribution < -0.4 is 10.1 Å². The van der Waals surface area contributed by atoms with Gasteiger partial charge in [-0.05, 0) is 55.5 Å². The van der Waals surface area contributed by atoms with Gasteiger partial charge in [-0.3, -0.25) is 0 Å². The Morgan fingerprint density at radius 3 is 2.84 bits per heavy atom. The van der Waals surface area contributed by atoms with Crippen LogP contribution >= 0.6 is 0 Å². The Morgan fingerprint density at radius 1 is 1.20 bits per heavy atom. The lowest BCUT2D eigenvalue weighted by Gasteiger charge is -2.32. The molecule has 1 aromatic heterocycles. The predicted molar refractivity (Wildman–Crippen MR) is 98.4 cm³/mol. The summed E-state index contributed by atoms with van der Waals surface area (Å²) >= 11 is 0. The number of nitrogens with one attached hydrogen (secondary N) is 2. The van der Waals surface area contributed by atoms with E-state index >= 15 is 0 Å². The third-order valence-corrected chi connectivity index (χ3v) is 5.78. The smallest absolute Gasteiger partial charge is 0.130 e. The Labute approximate surface area is 147 Å². The molecular formula is C20H23N3O2. The first kappa shape index (κ1) is 15.0. The predicted octanol–water partition coefficient (Wildman–Crippen LogP) is 3.61. The highest BCUT2D eigenvalue weighted by Gasteiger charge is 2.41. The fraction of sp³-hybridized carbons (Fsp3) is 0.450. The summed E-state index contributed by atoms with van der Waals surface area (Å²) < 4.78 is 11.4. The van der Waals surface area contributed by atoms with E-state index in [9.17, 15) is 0 Å². The van der Waals surface area contributed by atoms with E-state index in [4.69, 9.17) is 14.5 Å². The number of methoxy groups -OCH3 is 1. The number of aryl methyl sites for hydroxylation is 1. The van der Waals surface area contributed by atoms with Gasteiger partial charge >= 0.3 is 0 Å². The quantitative estimate of drug-likeness (QED) is 0.880. The minimum Gasteiger partial charge on any atom is -0.497 e. The molecule has 2 aromatic rings. The summed E-state index contributed by atoms with van der Waals surface area (Å²) in [7, 11) is 1.69. The highest BCUT2D eigenvalue weighted by atomic mass is 16.5. The first-order valence-corrected chi connectivity index (χ1v) is 9.10. The van der Waals surface area contributed by atoms with Gasteiger partial charge in [0.1, 0.15) is 17.3 Å². The van der Waals surface area contributed by atoms with Crippen LogP contribution in [0.5, 0.6) is 5.75 Å². The van der Waals surface area contributed by atoms with E-state index in [2.05, 4.69) is 22.4 Å². The van der Waals surface area contributed by atoms with E-state index in [0.717, 1.165) is 60.9 Å². The number of anilines is 1. The molecule has 0 bridgehead atoms. The molecule has 5 rings (SSSR count). The van der Waals surface area contributed by atoms with Crippen LogP contribution in [0.25, 0.3) is 0 Å². The molecule has 5 nitrogen and oxygen atoms in total. The Bertz CT molecular complexity index is 829. The van der Waals surface area contributed by atoms with E-state index in [-0.39, 0.29) is 5.60 Å². The molecule has 1 spiro atoms. The molecular weight excluding hydrogens is 314 g/mol. The van der Waals surface area contributed by atoms with Crippen molar-refractivity contribution in [2.75, 3.05) is 25.6 Å². The summed E-state index contributed by atoms with van der Waals surface area (Å²) in [5.74, 6) is 1.94. The standard InChI is InChI=1S/C20H23N3O2/c1-24-14-5-3-13(4-6-14)17-12-21-19-18(22-17)15-11-20(8-2-10-25-20)9-7-16(15)23-19/h3-6,21,23H,2,7-12H2,1H3. The summed E-state index contributed by atoms with van der Waals surface area (Å²) in [5.41, 5.74) is 6.03. The molecule has 1 fully saturated rings. The average Bonchev–Trinajstić information content (AvgIpc) is 3.26. The van der Waals surface area contributed by atoms with E-state index in [1.165, 1.54) is 24.1 Å². The maximum Gasteiger partial charge on any atom is 0.130 e. The molecule has 1 saturated heterocycles. The summed E-state index contributed by atoms with van der Waals surface area (Å²) in [5, 5.41) is 3.52. The molecule has 1 atom stereocenters. The lowest BCUT2D eigenvalue weighted by atomic mass is 9.81. The van der Waals surface area contributed by atoms with Gasteiger partial charge in [-0.2, -0.15) is 0 Å². The van der Waals surface area contributed by atoms with Gasteiger partial charge in [0, 0.05) is 24.3 Å². The number of nitrogens with zero attached hydrogens (tertiary/aromatic N) is 1. The molecule has 25 heavy (non-hydrogen) atoms. The first-order valence-electron chi connectivity index (χ1n) is 9.10. The van der Waals surface area contributed by atoms with Crippen LogP contribution in [-0.4, -0.2) is 36.6 Å². The van der Waals surface area contributed by atoms with Crippen molar-refractivity contribution in [3.05, 3.63) is 41.1 Å². The third-order valence-electron chi connectivity index (χ3n) is 5.78. The number of aromatic amines is 1. The Balaban J connectivity index is 1.51. The molecule has 0 amide bonds. The minimum absolute atomic E-state index is 0.0518. The average molecular weight is 337 g/mol. The zero-order chi connectivity index (χ0) is 16.9. The van der Waals surface area contributed by atoms with Gasteiger partial charge in [0.2, 0.25) is 0 Å². The lowest BCUT2D eigenvalue weighted by Crippen LogP contribution is -2.34. The Kier molecular flexibility index (Phi) is 3.38. The normalized spacial score (nSPS) is 24.4. The summed E-state index contributed by atoms with van der Waals surface area (Å²) in [4.78, 5) is 8.58. The summed E-state index contributed by atoms with van der Waals surface area (Å²) in [6.45, 7) is 1.64. The molecule has 5 heteroatoms. The monoisotopic (exact) mass is 337 g/mol. The molecule has 130 valence electrons. The van der Waals surface area contributed by atoms with Gasteiger partial charge in [-0.1, -0.05) is 0 Å². The van der Waals surface area contributed by atoms with Crippen molar-refractivity contribution in [3.63, 3.8) is 0 Å². The zero-order valence-corrected chi connectivity index (χ0v) is 14.5. The SMILES string of the molecule is COc1ccc(C2=Nc3c([nH]c4c3CC3(CCCO3)CC4)NC2)cc1. The molecule has 2 N–H and O–H groups in total. The fourth-order valence-electron chi connectivity index (χ4n) is 4.39. The van der Waals surface area contributed by atoms with Crippen molar-refractivity contribution >= 4 is 17.2 Å². The molecule has 1 unspecified atom stereocenters. The number of ether oxygens (including phenoxy) is 2. The largest absolute Gasteiger partial charge is 0.497 e. The molecule has 3 heterocycles. The van der Waals surface area contributed by atoms with Crippen LogP contribution in [0.2, 0.25) is 0 Å². The van der Waals surface area contributed by atoms with E-state index in [1.807, 2.05) is 12.1 Å². The lowest BCUT2D eigenvalue weighted by molar-refractivity contribution is -0.00662. The van der Waals surface area contributed by atoms with Crippen LogP contribution in [0, 0.1) is 0 Å². The number of aliphatic imine (C=N–C) groups is 1. The Morgan fingerprint density at radius 2 is 2.08 bits per heavy atom. The van der Waals surface area contributed by atoms with E-state index in [0.29, 0.717) is 0 Å². The van der Waals surface area contributed by atoms with Crippen LogP contribution in [0.3, 0.4) is 0 Å². The zero-order valence-electron chi connectivity index (χ0n) is 14.5. The number of hydrogen-bond acceptors (Lipinski definition) is 4. The van der Waals surface area contributed by atoms with Crippen molar-refractivity contribution in [2.45, 2.75) is 37.7 Å². The molecule has 1 aliphatic carbocycles. The highest BCUT2D eigenvalue weighted by molar-refractivity contribution is 6.07. The number of benzene rings is 1. The first-order chi connectivity index (χ1) is 12.3.